The topological polar surface area (TPSA) is 97.4 Å². The molecule has 8 heteroatoms. The third kappa shape index (κ3) is 3.74. The van der Waals surface area contributed by atoms with Crippen LogP contribution in [0.5, 0.6) is 0 Å². The molecule has 152 valence electrons. The van der Waals surface area contributed by atoms with E-state index in [-0.39, 0.29) is 5.91 Å². The Kier molecular flexibility index (Phi) is 4.64. The van der Waals surface area contributed by atoms with E-state index in [2.05, 4.69) is 25.8 Å². The van der Waals surface area contributed by atoms with Gasteiger partial charge in [-0.25, -0.2) is 4.98 Å². The second kappa shape index (κ2) is 7.75. The van der Waals surface area contributed by atoms with Gasteiger partial charge in [0, 0.05) is 34.9 Å². The number of hydrogen-bond donors (Lipinski definition) is 2. The lowest BCUT2D eigenvalue weighted by Gasteiger charge is -2.10. The predicted octanol–water partition coefficient (Wildman–Crippen LogP) is 4.69. The number of carbonyl (C=O) groups is 1. The van der Waals surface area contributed by atoms with Crippen LogP contribution in [-0.4, -0.2) is 25.4 Å². The molecule has 1 amide bonds. The Labute approximate surface area is 177 Å². The summed E-state index contributed by atoms with van der Waals surface area (Å²) in [6, 6.07) is 19.3. The van der Waals surface area contributed by atoms with Gasteiger partial charge in [-0.15, -0.1) is 0 Å². The van der Waals surface area contributed by atoms with Gasteiger partial charge in [0.2, 0.25) is 12.2 Å². The molecule has 0 atom stereocenters. The third-order valence-electron chi connectivity index (χ3n) is 4.91. The van der Waals surface area contributed by atoms with Gasteiger partial charge in [-0.1, -0.05) is 35.5 Å². The first-order chi connectivity index (χ1) is 15.2. The van der Waals surface area contributed by atoms with E-state index in [0.29, 0.717) is 22.9 Å². The number of imidazole rings is 1. The first kappa shape index (κ1) is 18.6. The van der Waals surface area contributed by atoms with Crippen LogP contribution in [0.25, 0.3) is 17.0 Å². The number of aromatic nitrogens is 4. The highest BCUT2D eigenvalue weighted by molar-refractivity contribution is 6.04. The molecular weight excluding hydrogens is 392 g/mol. The minimum Gasteiger partial charge on any atom is -0.355 e. The molecule has 0 bridgehead atoms. The van der Waals surface area contributed by atoms with Crippen molar-refractivity contribution in [1.82, 2.24) is 19.5 Å². The fraction of sp³-hybridized carbons (Fsp3) is 0.0435. The van der Waals surface area contributed by atoms with Crippen molar-refractivity contribution in [3.05, 3.63) is 90.7 Å². The Hall–Kier alpha value is -4.46. The highest BCUT2D eigenvalue weighted by Gasteiger charge is 2.15. The number of para-hydroxylation sites is 1. The summed E-state index contributed by atoms with van der Waals surface area (Å²) in [7, 11) is 0. The van der Waals surface area contributed by atoms with Crippen LogP contribution in [0.3, 0.4) is 0 Å². The second-order valence-electron chi connectivity index (χ2n) is 7.02. The molecule has 2 N–H and O–H groups in total. The first-order valence-electron chi connectivity index (χ1n) is 9.65. The summed E-state index contributed by atoms with van der Waals surface area (Å²) in [6.45, 7) is 1.92. The summed E-state index contributed by atoms with van der Waals surface area (Å²) >= 11 is 0. The molecule has 0 spiro atoms. The molecule has 0 saturated carbocycles. The maximum atomic E-state index is 13.0. The average molecular weight is 410 g/mol. The van der Waals surface area contributed by atoms with Crippen molar-refractivity contribution in [2.24, 2.45) is 0 Å². The van der Waals surface area contributed by atoms with E-state index >= 15 is 0 Å². The van der Waals surface area contributed by atoms with Gasteiger partial charge in [-0.2, -0.15) is 4.98 Å². The van der Waals surface area contributed by atoms with E-state index in [1.54, 1.807) is 10.6 Å². The van der Waals surface area contributed by atoms with Gasteiger partial charge in [-0.05, 0) is 36.8 Å². The standard InChI is InChI=1S/C23H18N6O2/c1-15-7-8-16(22-25-14-31-28-22)11-19(15)27-23(30)20-13-24-21-12-18(9-10-29(20)21)26-17-5-3-2-4-6-17/h2-14,26H,1H3,(H,27,30). The van der Waals surface area contributed by atoms with Crippen molar-refractivity contribution in [2.75, 3.05) is 10.6 Å². The molecule has 0 aliphatic rings. The number of benzene rings is 2. The third-order valence-corrected chi connectivity index (χ3v) is 4.91. The zero-order valence-corrected chi connectivity index (χ0v) is 16.6. The van der Waals surface area contributed by atoms with Crippen molar-refractivity contribution >= 4 is 28.6 Å². The van der Waals surface area contributed by atoms with Crippen molar-refractivity contribution in [2.45, 2.75) is 6.92 Å². The number of nitrogens with zero attached hydrogens (tertiary/aromatic N) is 4. The summed E-state index contributed by atoms with van der Waals surface area (Å²) in [5, 5.41) is 10.1. The Bertz CT molecular complexity index is 1360. The van der Waals surface area contributed by atoms with Crippen LogP contribution in [-0.2, 0) is 0 Å². The number of rotatable bonds is 5. The largest absolute Gasteiger partial charge is 0.355 e. The lowest BCUT2D eigenvalue weighted by atomic mass is 10.1. The second-order valence-corrected chi connectivity index (χ2v) is 7.02. The summed E-state index contributed by atoms with van der Waals surface area (Å²) in [4.78, 5) is 21.4. The normalized spacial score (nSPS) is 10.9. The molecule has 0 aliphatic carbocycles. The summed E-state index contributed by atoms with van der Waals surface area (Å²) in [5.41, 5.74) is 5.32. The number of carbonyl (C=O) groups excluding carboxylic acids is 1. The van der Waals surface area contributed by atoms with Crippen LogP contribution >= 0.6 is 0 Å². The fourth-order valence-corrected chi connectivity index (χ4v) is 3.29. The van der Waals surface area contributed by atoms with E-state index in [1.165, 1.54) is 6.39 Å². The first-order valence-corrected chi connectivity index (χ1v) is 9.65. The predicted molar refractivity (Wildman–Crippen MR) is 117 cm³/mol. The van der Waals surface area contributed by atoms with Gasteiger partial charge < -0.3 is 15.2 Å². The molecular formula is C23H18N6O2. The number of hydrogen-bond acceptors (Lipinski definition) is 6. The number of fused-ring (bicyclic) bond motifs is 1. The molecule has 0 radical (unpaired) electrons. The van der Waals surface area contributed by atoms with Gasteiger partial charge in [-0.3, -0.25) is 9.20 Å². The molecule has 5 aromatic rings. The number of aryl methyl sites for hydroxylation is 1. The van der Waals surface area contributed by atoms with Crippen LogP contribution in [0.1, 0.15) is 16.1 Å². The van der Waals surface area contributed by atoms with Crippen LogP contribution in [0, 0.1) is 6.92 Å². The SMILES string of the molecule is Cc1ccc(-c2ncon2)cc1NC(=O)c1cnc2cc(Nc3ccccc3)ccn12. The molecule has 3 aromatic heterocycles. The maximum absolute atomic E-state index is 13.0. The van der Waals surface area contributed by atoms with Gasteiger partial charge in [0.15, 0.2) is 0 Å². The average Bonchev–Trinajstić information content (AvgIpc) is 3.46. The molecule has 31 heavy (non-hydrogen) atoms. The zero-order chi connectivity index (χ0) is 21.2. The number of anilines is 3. The number of amides is 1. The lowest BCUT2D eigenvalue weighted by molar-refractivity contribution is 0.102. The van der Waals surface area contributed by atoms with Crippen LogP contribution in [0.2, 0.25) is 0 Å². The quantitative estimate of drug-likeness (QED) is 0.436. The van der Waals surface area contributed by atoms with Crippen molar-refractivity contribution in [3.63, 3.8) is 0 Å². The van der Waals surface area contributed by atoms with E-state index in [4.69, 9.17) is 4.52 Å². The Balaban J connectivity index is 1.40. The molecule has 8 nitrogen and oxygen atoms in total. The highest BCUT2D eigenvalue weighted by Crippen LogP contribution is 2.24. The minimum absolute atomic E-state index is 0.260. The van der Waals surface area contributed by atoms with E-state index in [0.717, 1.165) is 22.5 Å². The summed E-state index contributed by atoms with van der Waals surface area (Å²) < 4.78 is 6.56. The molecule has 5 rings (SSSR count). The zero-order valence-electron chi connectivity index (χ0n) is 16.6. The van der Waals surface area contributed by atoms with E-state index < -0.39 is 0 Å². The van der Waals surface area contributed by atoms with Crippen LogP contribution in [0.4, 0.5) is 17.1 Å². The molecule has 0 aliphatic heterocycles. The van der Waals surface area contributed by atoms with E-state index in [1.807, 2.05) is 73.8 Å². The maximum Gasteiger partial charge on any atom is 0.274 e. The smallest absolute Gasteiger partial charge is 0.274 e. The van der Waals surface area contributed by atoms with E-state index in [9.17, 15) is 4.79 Å². The minimum atomic E-state index is -0.260. The Morgan fingerprint density at radius 3 is 2.68 bits per heavy atom. The molecule has 3 heterocycles. The molecule has 0 saturated heterocycles. The van der Waals surface area contributed by atoms with Gasteiger partial charge in [0.1, 0.15) is 11.3 Å². The molecule has 0 fully saturated rings. The number of nitrogens with one attached hydrogen (secondary N) is 2. The fourth-order valence-electron chi connectivity index (χ4n) is 3.29. The Morgan fingerprint density at radius 1 is 1.00 bits per heavy atom. The molecule has 2 aromatic carbocycles. The monoisotopic (exact) mass is 410 g/mol. The number of pyridine rings is 1. The van der Waals surface area contributed by atoms with Crippen molar-refractivity contribution < 1.29 is 9.32 Å². The summed E-state index contributed by atoms with van der Waals surface area (Å²) in [5.74, 6) is 0.202. The lowest BCUT2D eigenvalue weighted by Crippen LogP contribution is -2.15. The van der Waals surface area contributed by atoms with Crippen LogP contribution < -0.4 is 10.6 Å². The molecule has 0 unspecified atom stereocenters. The van der Waals surface area contributed by atoms with Crippen LogP contribution in [0.15, 0.2) is 84.0 Å². The highest BCUT2D eigenvalue weighted by atomic mass is 16.5. The van der Waals surface area contributed by atoms with Gasteiger partial charge in [0.25, 0.3) is 5.91 Å². The van der Waals surface area contributed by atoms with Gasteiger partial charge >= 0.3 is 0 Å². The van der Waals surface area contributed by atoms with Gasteiger partial charge in [0.05, 0.1) is 6.20 Å². The Morgan fingerprint density at radius 2 is 1.87 bits per heavy atom. The van der Waals surface area contributed by atoms with Crippen molar-refractivity contribution in [1.29, 1.82) is 0 Å². The summed E-state index contributed by atoms with van der Waals surface area (Å²) in [6.07, 6.45) is 4.66. The van der Waals surface area contributed by atoms with Crippen molar-refractivity contribution in [3.8, 4) is 11.4 Å².